The fourth-order valence-corrected chi connectivity index (χ4v) is 3.55. The van der Waals surface area contributed by atoms with Crippen molar-refractivity contribution >= 4 is 33.7 Å². The van der Waals surface area contributed by atoms with E-state index in [-0.39, 0.29) is 0 Å². The summed E-state index contributed by atoms with van der Waals surface area (Å²) in [7, 11) is 0. The highest BCUT2D eigenvalue weighted by Gasteiger charge is 2.28. The van der Waals surface area contributed by atoms with Gasteiger partial charge in [0.1, 0.15) is 0 Å². The van der Waals surface area contributed by atoms with E-state index in [0.717, 1.165) is 22.7 Å². The summed E-state index contributed by atoms with van der Waals surface area (Å²) in [6.07, 6.45) is 4.05. The van der Waals surface area contributed by atoms with Gasteiger partial charge >= 0.3 is 5.97 Å². The fourth-order valence-electron chi connectivity index (χ4n) is 3.05. The van der Waals surface area contributed by atoms with Gasteiger partial charge in [-0.25, -0.2) is 4.79 Å². The van der Waals surface area contributed by atoms with E-state index in [2.05, 4.69) is 53.7 Å². The summed E-state index contributed by atoms with van der Waals surface area (Å²) in [5.74, 6) is 0.443. The van der Waals surface area contributed by atoms with Crippen LogP contribution >= 0.6 is 15.9 Å². The van der Waals surface area contributed by atoms with E-state index in [1.165, 1.54) is 12.1 Å². The maximum Gasteiger partial charge on any atom is 0.328 e. The Balaban J connectivity index is 2.25. The van der Waals surface area contributed by atoms with Crippen molar-refractivity contribution in [3.05, 3.63) is 34.3 Å². The van der Waals surface area contributed by atoms with E-state index in [1.54, 1.807) is 6.08 Å². The molecule has 0 saturated carbocycles. The van der Waals surface area contributed by atoms with Crippen LogP contribution in [0.25, 0.3) is 6.08 Å². The number of carboxylic acid groups (broad SMARTS) is 1. The lowest BCUT2D eigenvalue weighted by molar-refractivity contribution is -0.131. The highest BCUT2D eigenvalue weighted by molar-refractivity contribution is 9.10. The van der Waals surface area contributed by atoms with Gasteiger partial charge in [-0.2, -0.15) is 0 Å². The normalized spacial score (nSPS) is 26.3. The lowest BCUT2D eigenvalue weighted by Crippen LogP contribution is -2.45. The second kappa shape index (κ2) is 6.65. The first-order chi connectivity index (χ1) is 9.88. The molecule has 21 heavy (non-hydrogen) atoms. The van der Waals surface area contributed by atoms with Crippen LogP contribution in [0.1, 0.15) is 32.8 Å². The Hall–Kier alpha value is -1.29. The zero-order valence-electron chi connectivity index (χ0n) is 12.7. The lowest BCUT2D eigenvalue weighted by Gasteiger charge is -2.42. The highest BCUT2D eigenvalue weighted by atomic mass is 79.9. The SMILES string of the molecule is CC1CC(C)C(C)N(c2ccc(/C=C/C(=O)O)c(Br)c2)C1. The number of carboxylic acids is 1. The number of piperidine rings is 1. The summed E-state index contributed by atoms with van der Waals surface area (Å²) in [6, 6.07) is 6.65. The van der Waals surface area contributed by atoms with Gasteiger partial charge in [-0.1, -0.05) is 35.8 Å². The zero-order chi connectivity index (χ0) is 15.6. The maximum atomic E-state index is 10.6. The summed E-state index contributed by atoms with van der Waals surface area (Å²) in [5, 5.41) is 8.71. The summed E-state index contributed by atoms with van der Waals surface area (Å²) in [4.78, 5) is 13.1. The predicted molar refractivity (Wildman–Crippen MR) is 90.6 cm³/mol. The van der Waals surface area contributed by atoms with Gasteiger partial charge < -0.3 is 10.0 Å². The fraction of sp³-hybridized carbons (Fsp3) is 0.471. The largest absolute Gasteiger partial charge is 0.478 e. The zero-order valence-corrected chi connectivity index (χ0v) is 14.3. The monoisotopic (exact) mass is 351 g/mol. The highest BCUT2D eigenvalue weighted by Crippen LogP contribution is 2.33. The van der Waals surface area contributed by atoms with Crippen molar-refractivity contribution in [1.29, 1.82) is 0 Å². The van der Waals surface area contributed by atoms with E-state index < -0.39 is 5.97 Å². The molecule has 0 aliphatic carbocycles. The molecule has 0 radical (unpaired) electrons. The molecule has 1 N–H and O–H groups in total. The Kier molecular flexibility index (Phi) is 5.09. The van der Waals surface area contributed by atoms with E-state index in [9.17, 15) is 4.79 Å². The third kappa shape index (κ3) is 3.88. The Bertz CT molecular complexity index is 556. The number of benzene rings is 1. The Morgan fingerprint density at radius 3 is 2.71 bits per heavy atom. The number of hydrogen-bond acceptors (Lipinski definition) is 2. The van der Waals surface area contributed by atoms with Crippen LogP contribution in [-0.2, 0) is 4.79 Å². The van der Waals surface area contributed by atoms with Crippen LogP contribution in [0.15, 0.2) is 28.7 Å². The number of rotatable bonds is 3. The summed E-state index contributed by atoms with van der Waals surface area (Å²) < 4.78 is 0.926. The van der Waals surface area contributed by atoms with Crippen LogP contribution in [0.2, 0.25) is 0 Å². The molecular weight excluding hydrogens is 330 g/mol. The molecule has 0 amide bonds. The Morgan fingerprint density at radius 2 is 2.10 bits per heavy atom. The second-order valence-corrected chi connectivity index (χ2v) is 6.94. The molecule has 114 valence electrons. The quantitative estimate of drug-likeness (QED) is 0.819. The van der Waals surface area contributed by atoms with Crippen LogP contribution in [0.5, 0.6) is 0 Å². The third-order valence-corrected chi connectivity index (χ3v) is 5.01. The van der Waals surface area contributed by atoms with Crippen LogP contribution in [0.3, 0.4) is 0 Å². The average Bonchev–Trinajstić information content (AvgIpc) is 2.41. The molecule has 1 aromatic carbocycles. The van der Waals surface area contributed by atoms with Gasteiger partial charge in [0.2, 0.25) is 0 Å². The molecular formula is C17H22BrNO2. The number of carbonyl (C=O) groups is 1. The van der Waals surface area contributed by atoms with Gasteiger partial charge in [0.25, 0.3) is 0 Å². The van der Waals surface area contributed by atoms with E-state index in [0.29, 0.717) is 17.9 Å². The summed E-state index contributed by atoms with van der Waals surface area (Å²) in [6.45, 7) is 7.96. The van der Waals surface area contributed by atoms with Crippen LogP contribution < -0.4 is 4.90 Å². The van der Waals surface area contributed by atoms with Gasteiger partial charge in [0, 0.05) is 28.8 Å². The van der Waals surface area contributed by atoms with Crippen molar-refractivity contribution in [2.75, 3.05) is 11.4 Å². The first-order valence-corrected chi connectivity index (χ1v) is 8.15. The number of halogens is 1. The third-order valence-electron chi connectivity index (χ3n) is 4.32. The molecule has 3 unspecified atom stereocenters. The minimum absolute atomic E-state index is 0.522. The van der Waals surface area contributed by atoms with Crippen LogP contribution in [0.4, 0.5) is 5.69 Å². The standard InChI is InChI=1S/C17H22BrNO2/c1-11-8-12(2)13(3)19(10-11)15-6-4-14(16(18)9-15)5-7-17(20)21/h4-7,9,11-13H,8,10H2,1-3H3,(H,20,21)/b7-5+. The molecule has 4 heteroatoms. The van der Waals surface area contributed by atoms with E-state index in [4.69, 9.17) is 5.11 Å². The number of anilines is 1. The maximum absolute atomic E-state index is 10.6. The molecule has 2 rings (SSSR count). The van der Waals surface area contributed by atoms with E-state index in [1.807, 2.05) is 6.07 Å². The summed E-state index contributed by atoms with van der Waals surface area (Å²) in [5.41, 5.74) is 2.08. The Morgan fingerprint density at radius 1 is 1.38 bits per heavy atom. The molecule has 0 bridgehead atoms. The van der Waals surface area contributed by atoms with Crippen molar-refractivity contribution in [3.8, 4) is 0 Å². The van der Waals surface area contributed by atoms with Crippen molar-refractivity contribution in [2.24, 2.45) is 11.8 Å². The van der Waals surface area contributed by atoms with Gasteiger partial charge in [-0.3, -0.25) is 0 Å². The minimum atomic E-state index is -0.932. The second-order valence-electron chi connectivity index (χ2n) is 6.09. The molecule has 1 aromatic rings. The van der Waals surface area contributed by atoms with Gasteiger partial charge in [-0.05, 0) is 49.0 Å². The van der Waals surface area contributed by atoms with E-state index >= 15 is 0 Å². The Labute approximate surface area is 134 Å². The van der Waals surface area contributed by atoms with Crippen molar-refractivity contribution in [2.45, 2.75) is 33.2 Å². The summed E-state index contributed by atoms with van der Waals surface area (Å²) >= 11 is 3.54. The smallest absolute Gasteiger partial charge is 0.328 e. The molecule has 1 heterocycles. The van der Waals surface area contributed by atoms with Gasteiger partial charge in [-0.15, -0.1) is 0 Å². The minimum Gasteiger partial charge on any atom is -0.478 e. The molecule has 3 nitrogen and oxygen atoms in total. The molecule has 0 spiro atoms. The van der Waals surface area contributed by atoms with Crippen molar-refractivity contribution < 1.29 is 9.90 Å². The molecule has 1 fully saturated rings. The number of aliphatic carboxylic acids is 1. The van der Waals surface area contributed by atoms with Gasteiger partial charge in [0.05, 0.1) is 0 Å². The lowest BCUT2D eigenvalue weighted by atomic mass is 9.85. The number of hydrogen-bond donors (Lipinski definition) is 1. The number of nitrogens with zero attached hydrogens (tertiary/aromatic N) is 1. The topological polar surface area (TPSA) is 40.5 Å². The first kappa shape index (κ1) is 16.1. The van der Waals surface area contributed by atoms with Crippen molar-refractivity contribution in [1.82, 2.24) is 0 Å². The van der Waals surface area contributed by atoms with Crippen LogP contribution in [0, 0.1) is 11.8 Å². The average molecular weight is 352 g/mol. The predicted octanol–water partition coefficient (Wildman–Crippen LogP) is 4.42. The molecule has 3 atom stereocenters. The van der Waals surface area contributed by atoms with Crippen LogP contribution in [-0.4, -0.2) is 23.7 Å². The molecule has 1 aliphatic rings. The molecule has 1 aliphatic heterocycles. The molecule has 1 saturated heterocycles. The van der Waals surface area contributed by atoms with Gasteiger partial charge in [0.15, 0.2) is 0 Å². The molecule has 0 aromatic heterocycles. The van der Waals surface area contributed by atoms with Crippen molar-refractivity contribution in [3.63, 3.8) is 0 Å². The first-order valence-electron chi connectivity index (χ1n) is 7.35.